The van der Waals surface area contributed by atoms with Gasteiger partial charge in [0.25, 0.3) is 0 Å². The monoisotopic (exact) mass is 226 g/mol. The second-order valence-corrected chi connectivity index (χ2v) is 3.95. The first-order valence-corrected chi connectivity index (χ1v) is 5.08. The van der Waals surface area contributed by atoms with Crippen molar-refractivity contribution >= 4 is 5.69 Å². The molecular weight excluding hydrogens is 211 g/mol. The fourth-order valence-electron chi connectivity index (χ4n) is 1.45. The van der Waals surface area contributed by atoms with Crippen LogP contribution in [0, 0.1) is 15.9 Å². The zero-order chi connectivity index (χ0) is 12.1. The number of halogens is 1. The first-order valence-electron chi connectivity index (χ1n) is 5.08. The highest BCUT2D eigenvalue weighted by Gasteiger charge is 2.13. The third-order valence-electron chi connectivity index (χ3n) is 2.28. The highest BCUT2D eigenvalue weighted by atomic mass is 19.1. The van der Waals surface area contributed by atoms with Gasteiger partial charge in [0, 0.05) is 6.07 Å². The zero-order valence-electron chi connectivity index (χ0n) is 9.44. The van der Waals surface area contributed by atoms with Gasteiger partial charge in [0.05, 0.1) is 4.92 Å². The molecule has 0 aliphatic carbocycles. The third kappa shape index (κ3) is 3.58. The molecule has 0 saturated carbocycles. The van der Waals surface area contributed by atoms with E-state index >= 15 is 0 Å². The van der Waals surface area contributed by atoms with E-state index in [1.165, 1.54) is 12.1 Å². The SMILES string of the molecule is CN(C)CCCc1ccc([N+](=O)[O-])c(F)c1. The van der Waals surface area contributed by atoms with Crippen LogP contribution in [0.25, 0.3) is 0 Å². The van der Waals surface area contributed by atoms with E-state index in [4.69, 9.17) is 0 Å². The van der Waals surface area contributed by atoms with Crippen molar-refractivity contribution in [1.82, 2.24) is 4.90 Å². The van der Waals surface area contributed by atoms with Crippen LogP contribution < -0.4 is 0 Å². The van der Waals surface area contributed by atoms with E-state index in [1.54, 1.807) is 6.07 Å². The number of hydrogen-bond donors (Lipinski definition) is 0. The molecule has 16 heavy (non-hydrogen) atoms. The lowest BCUT2D eigenvalue weighted by molar-refractivity contribution is -0.387. The van der Waals surface area contributed by atoms with E-state index in [-0.39, 0.29) is 0 Å². The summed E-state index contributed by atoms with van der Waals surface area (Å²) in [6.07, 6.45) is 1.64. The summed E-state index contributed by atoms with van der Waals surface area (Å²) < 4.78 is 13.2. The van der Waals surface area contributed by atoms with Gasteiger partial charge in [0.15, 0.2) is 0 Å². The van der Waals surface area contributed by atoms with Crippen molar-refractivity contribution in [2.75, 3.05) is 20.6 Å². The van der Waals surface area contributed by atoms with Crippen LogP contribution in [-0.4, -0.2) is 30.5 Å². The molecule has 1 aromatic rings. The van der Waals surface area contributed by atoms with Gasteiger partial charge in [-0.1, -0.05) is 6.07 Å². The maximum atomic E-state index is 13.2. The fraction of sp³-hybridized carbons (Fsp3) is 0.455. The smallest absolute Gasteiger partial charge is 0.304 e. The molecule has 0 saturated heterocycles. The largest absolute Gasteiger partial charge is 0.309 e. The van der Waals surface area contributed by atoms with Gasteiger partial charge in [-0.2, -0.15) is 4.39 Å². The molecule has 0 N–H and O–H groups in total. The third-order valence-corrected chi connectivity index (χ3v) is 2.28. The zero-order valence-corrected chi connectivity index (χ0v) is 9.44. The summed E-state index contributed by atoms with van der Waals surface area (Å²) in [6, 6.07) is 4.07. The normalized spacial score (nSPS) is 10.8. The van der Waals surface area contributed by atoms with Crippen molar-refractivity contribution in [3.8, 4) is 0 Å². The molecule has 5 heteroatoms. The summed E-state index contributed by atoms with van der Waals surface area (Å²) in [5.41, 5.74) is 0.335. The van der Waals surface area contributed by atoms with Crippen LogP contribution >= 0.6 is 0 Å². The highest BCUT2D eigenvalue weighted by molar-refractivity contribution is 5.35. The maximum Gasteiger partial charge on any atom is 0.304 e. The first-order chi connectivity index (χ1) is 7.50. The summed E-state index contributed by atoms with van der Waals surface area (Å²) in [5, 5.41) is 10.4. The van der Waals surface area contributed by atoms with Crippen LogP contribution in [0.5, 0.6) is 0 Å². The van der Waals surface area contributed by atoms with Crippen LogP contribution in [0.15, 0.2) is 18.2 Å². The summed E-state index contributed by atoms with van der Waals surface area (Å²) >= 11 is 0. The molecule has 0 atom stereocenters. The molecule has 0 bridgehead atoms. The molecule has 0 fully saturated rings. The molecule has 0 spiro atoms. The second-order valence-electron chi connectivity index (χ2n) is 3.95. The van der Waals surface area contributed by atoms with Gasteiger partial charge in [0.2, 0.25) is 5.82 Å². The maximum absolute atomic E-state index is 13.2. The molecule has 0 unspecified atom stereocenters. The Balaban J connectivity index is 2.63. The van der Waals surface area contributed by atoms with Gasteiger partial charge >= 0.3 is 5.69 Å². The minimum atomic E-state index is -0.757. The number of nitrogens with zero attached hydrogens (tertiary/aromatic N) is 2. The number of hydrogen-bond acceptors (Lipinski definition) is 3. The summed E-state index contributed by atoms with van der Waals surface area (Å²) in [4.78, 5) is 11.7. The molecule has 4 nitrogen and oxygen atoms in total. The van der Waals surface area contributed by atoms with Crippen molar-refractivity contribution in [2.45, 2.75) is 12.8 Å². The number of nitro benzene ring substituents is 1. The summed E-state index contributed by atoms with van der Waals surface area (Å²) in [7, 11) is 3.94. The molecule has 0 amide bonds. The standard InChI is InChI=1S/C11H15FN2O2/c1-13(2)7-3-4-9-5-6-11(14(15)16)10(12)8-9/h5-6,8H,3-4,7H2,1-2H3. The van der Waals surface area contributed by atoms with Gasteiger partial charge in [0.1, 0.15) is 0 Å². The number of nitro groups is 1. The van der Waals surface area contributed by atoms with E-state index in [0.29, 0.717) is 0 Å². The average molecular weight is 226 g/mol. The molecule has 88 valence electrons. The molecule has 1 aromatic carbocycles. The predicted octanol–water partition coefficient (Wildman–Crippen LogP) is 2.23. The van der Waals surface area contributed by atoms with Crippen molar-refractivity contribution in [2.24, 2.45) is 0 Å². The minimum Gasteiger partial charge on any atom is -0.309 e. The molecule has 1 rings (SSSR count). The van der Waals surface area contributed by atoms with Gasteiger partial charge in [-0.3, -0.25) is 10.1 Å². The lowest BCUT2D eigenvalue weighted by Gasteiger charge is -2.08. The molecular formula is C11H15FN2O2. The van der Waals surface area contributed by atoms with Crippen LogP contribution in [0.4, 0.5) is 10.1 Å². The quantitative estimate of drug-likeness (QED) is 0.571. The van der Waals surface area contributed by atoms with E-state index in [1.807, 2.05) is 19.0 Å². The number of aryl methyl sites for hydroxylation is 1. The molecule has 0 radical (unpaired) electrons. The first kappa shape index (κ1) is 12.6. The number of rotatable bonds is 5. The summed E-state index contributed by atoms with van der Waals surface area (Å²) in [6.45, 7) is 0.915. The Kier molecular flexibility index (Phi) is 4.37. The molecule has 0 aliphatic rings. The summed E-state index contributed by atoms with van der Waals surface area (Å²) in [5.74, 6) is -0.757. The Labute approximate surface area is 93.8 Å². The minimum absolute atomic E-state index is 0.462. The molecule has 0 aromatic heterocycles. The van der Waals surface area contributed by atoms with Crippen LogP contribution in [0.1, 0.15) is 12.0 Å². The average Bonchev–Trinajstić information content (AvgIpc) is 2.16. The van der Waals surface area contributed by atoms with E-state index < -0.39 is 16.4 Å². The Bertz CT molecular complexity index is 380. The van der Waals surface area contributed by atoms with Crippen molar-refractivity contribution < 1.29 is 9.31 Å². The fourth-order valence-corrected chi connectivity index (χ4v) is 1.45. The van der Waals surface area contributed by atoms with Crippen LogP contribution in [-0.2, 0) is 6.42 Å². The topological polar surface area (TPSA) is 46.4 Å². The predicted molar refractivity (Wildman–Crippen MR) is 59.9 cm³/mol. The Morgan fingerprint density at radius 1 is 1.44 bits per heavy atom. The Morgan fingerprint density at radius 2 is 2.12 bits per heavy atom. The van der Waals surface area contributed by atoms with Crippen molar-refractivity contribution in [1.29, 1.82) is 0 Å². The van der Waals surface area contributed by atoms with E-state index in [0.717, 1.165) is 24.9 Å². The van der Waals surface area contributed by atoms with E-state index in [2.05, 4.69) is 0 Å². The highest BCUT2D eigenvalue weighted by Crippen LogP contribution is 2.18. The second kappa shape index (κ2) is 5.55. The Morgan fingerprint density at radius 3 is 2.62 bits per heavy atom. The lowest BCUT2D eigenvalue weighted by atomic mass is 10.1. The van der Waals surface area contributed by atoms with Gasteiger partial charge < -0.3 is 4.90 Å². The Hall–Kier alpha value is -1.49. The number of benzene rings is 1. The lowest BCUT2D eigenvalue weighted by Crippen LogP contribution is -2.13. The van der Waals surface area contributed by atoms with Crippen molar-refractivity contribution in [3.63, 3.8) is 0 Å². The molecule has 0 heterocycles. The van der Waals surface area contributed by atoms with Crippen LogP contribution in [0.3, 0.4) is 0 Å². The molecule has 0 aliphatic heterocycles. The van der Waals surface area contributed by atoms with Gasteiger partial charge in [-0.25, -0.2) is 0 Å². The van der Waals surface area contributed by atoms with Crippen molar-refractivity contribution in [3.05, 3.63) is 39.7 Å². The van der Waals surface area contributed by atoms with Gasteiger partial charge in [-0.05, 0) is 45.1 Å². The van der Waals surface area contributed by atoms with E-state index in [9.17, 15) is 14.5 Å². The van der Waals surface area contributed by atoms with Crippen LogP contribution in [0.2, 0.25) is 0 Å². The van der Waals surface area contributed by atoms with Gasteiger partial charge in [-0.15, -0.1) is 0 Å².